The van der Waals surface area contributed by atoms with Crippen LogP contribution in [0.3, 0.4) is 0 Å². The van der Waals surface area contributed by atoms with E-state index in [0.29, 0.717) is 29.8 Å². The minimum Gasteiger partial charge on any atom is -0.299 e. The molecule has 1 saturated carbocycles. The van der Waals surface area contributed by atoms with Gasteiger partial charge < -0.3 is 0 Å². The summed E-state index contributed by atoms with van der Waals surface area (Å²) in [6.07, 6.45) is 11.0. The van der Waals surface area contributed by atoms with Gasteiger partial charge >= 0.3 is 0 Å². The zero-order valence-electron chi connectivity index (χ0n) is 14.9. The summed E-state index contributed by atoms with van der Waals surface area (Å²) in [7, 11) is 0. The Morgan fingerprint density at radius 1 is 1.22 bits per heavy atom. The molecule has 3 atom stereocenters. The molecule has 0 N–H and O–H groups in total. The topological polar surface area (TPSA) is 34.1 Å². The van der Waals surface area contributed by atoms with Crippen LogP contribution in [-0.2, 0) is 9.59 Å². The van der Waals surface area contributed by atoms with Crippen LogP contribution in [0.2, 0.25) is 0 Å². The summed E-state index contributed by atoms with van der Waals surface area (Å²) in [5.74, 6) is 1.78. The number of ketones is 2. The number of allylic oxidation sites excluding steroid dienone is 4. The van der Waals surface area contributed by atoms with Crippen LogP contribution in [0, 0.1) is 17.3 Å². The molecule has 0 amide bonds. The van der Waals surface area contributed by atoms with Crippen LogP contribution in [0.5, 0.6) is 0 Å². The molecule has 0 unspecified atom stereocenters. The maximum absolute atomic E-state index is 12.6. The van der Waals surface area contributed by atoms with E-state index in [4.69, 9.17) is 0 Å². The molecule has 0 heterocycles. The lowest BCUT2D eigenvalue weighted by Gasteiger charge is -2.50. The molecule has 3 aliphatic carbocycles. The minimum atomic E-state index is -0.0933. The number of hydrogen-bond acceptors (Lipinski definition) is 2. The molecule has 126 valence electrons. The zero-order valence-corrected chi connectivity index (χ0v) is 14.9. The molecule has 3 rings (SSSR count). The highest BCUT2D eigenvalue weighted by Gasteiger charge is 2.50. The van der Waals surface area contributed by atoms with Gasteiger partial charge in [0.15, 0.2) is 5.78 Å². The molecule has 0 saturated heterocycles. The summed E-state index contributed by atoms with van der Waals surface area (Å²) in [6, 6.07) is 0. The second-order valence-corrected chi connectivity index (χ2v) is 7.76. The van der Waals surface area contributed by atoms with Crippen molar-refractivity contribution in [3.8, 4) is 0 Å². The Kier molecular flexibility index (Phi) is 4.62. The number of carbonyl (C=O) groups excluding carboxylic acids is 2. The van der Waals surface area contributed by atoms with Gasteiger partial charge in [0.2, 0.25) is 0 Å². The monoisotopic (exact) mass is 314 g/mol. The average Bonchev–Trinajstić information content (AvgIpc) is 2.53. The maximum Gasteiger partial charge on any atom is 0.156 e. The van der Waals surface area contributed by atoms with Crippen molar-refractivity contribution in [2.45, 2.75) is 78.6 Å². The van der Waals surface area contributed by atoms with E-state index in [1.165, 1.54) is 11.1 Å². The second kappa shape index (κ2) is 6.37. The molecule has 0 aliphatic heterocycles. The Balaban J connectivity index is 2.01. The van der Waals surface area contributed by atoms with E-state index in [9.17, 15) is 9.59 Å². The standard InChI is InChI=1S/C21H30O2/c1-4-11-21(14(3)22)12-10-18-17-9-7-16(23)13-15(17)6-8-19(18)20(21)5-2/h13,19-20H,4-12H2,1-3H3/t19-,20+,21-/m1/s1. The zero-order chi connectivity index (χ0) is 16.6. The van der Waals surface area contributed by atoms with Crippen LogP contribution >= 0.6 is 0 Å². The van der Waals surface area contributed by atoms with Crippen molar-refractivity contribution in [2.75, 3.05) is 0 Å². The van der Waals surface area contributed by atoms with Crippen molar-refractivity contribution >= 4 is 11.6 Å². The van der Waals surface area contributed by atoms with Gasteiger partial charge in [-0.15, -0.1) is 0 Å². The Hall–Kier alpha value is -1.18. The van der Waals surface area contributed by atoms with Crippen LogP contribution in [0.1, 0.15) is 78.6 Å². The fraction of sp³-hybridized carbons (Fsp3) is 0.714. The minimum absolute atomic E-state index is 0.0933. The van der Waals surface area contributed by atoms with Gasteiger partial charge in [-0.25, -0.2) is 0 Å². The van der Waals surface area contributed by atoms with Crippen LogP contribution < -0.4 is 0 Å². The lowest BCUT2D eigenvalue weighted by atomic mass is 9.53. The molecule has 0 spiro atoms. The van der Waals surface area contributed by atoms with Crippen molar-refractivity contribution in [1.29, 1.82) is 0 Å². The third-order valence-electron chi connectivity index (χ3n) is 6.78. The van der Waals surface area contributed by atoms with Gasteiger partial charge in [0.05, 0.1) is 0 Å². The van der Waals surface area contributed by atoms with Crippen LogP contribution in [0.25, 0.3) is 0 Å². The molecule has 2 heteroatoms. The van der Waals surface area contributed by atoms with E-state index in [1.807, 2.05) is 13.0 Å². The largest absolute Gasteiger partial charge is 0.299 e. The van der Waals surface area contributed by atoms with Crippen molar-refractivity contribution < 1.29 is 9.59 Å². The maximum atomic E-state index is 12.6. The molecule has 0 bridgehead atoms. The summed E-state index contributed by atoms with van der Waals surface area (Å²) in [5.41, 5.74) is 4.32. The molecule has 0 aromatic carbocycles. The summed E-state index contributed by atoms with van der Waals surface area (Å²) in [5, 5.41) is 0. The lowest BCUT2D eigenvalue weighted by Crippen LogP contribution is -2.46. The predicted molar refractivity (Wildman–Crippen MR) is 93.1 cm³/mol. The molecular weight excluding hydrogens is 284 g/mol. The fourth-order valence-corrected chi connectivity index (χ4v) is 5.81. The number of hydrogen-bond donors (Lipinski definition) is 0. The van der Waals surface area contributed by atoms with Crippen molar-refractivity contribution in [3.05, 3.63) is 22.8 Å². The first-order chi connectivity index (χ1) is 11.0. The summed E-state index contributed by atoms with van der Waals surface area (Å²) in [4.78, 5) is 24.3. The molecule has 2 nitrogen and oxygen atoms in total. The van der Waals surface area contributed by atoms with Crippen LogP contribution in [0.15, 0.2) is 22.8 Å². The highest BCUT2D eigenvalue weighted by atomic mass is 16.1. The third kappa shape index (κ3) is 2.64. The number of Topliss-reactive ketones (excluding diaryl/α,β-unsaturated/α-hetero) is 1. The van der Waals surface area contributed by atoms with E-state index in [-0.39, 0.29) is 5.41 Å². The molecule has 3 aliphatic rings. The summed E-state index contributed by atoms with van der Waals surface area (Å²) in [6.45, 7) is 6.30. The van der Waals surface area contributed by atoms with Crippen molar-refractivity contribution in [2.24, 2.45) is 17.3 Å². The lowest BCUT2D eigenvalue weighted by molar-refractivity contribution is -0.134. The quantitative estimate of drug-likeness (QED) is 0.716. The second-order valence-electron chi connectivity index (χ2n) is 7.76. The van der Waals surface area contributed by atoms with Gasteiger partial charge in [-0.1, -0.05) is 32.3 Å². The molecule has 0 aromatic heterocycles. The van der Waals surface area contributed by atoms with Gasteiger partial charge in [-0.3, -0.25) is 9.59 Å². The Morgan fingerprint density at radius 3 is 2.65 bits per heavy atom. The Morgan fingerprint density at radius 2 is 2.00 bits per heavy atom. The van der Waals surface area contributed by atoms with Crippen LogP contribution in [0.4, 0.5) is 0 Å². The highest BCUT2D eigenvalue weighted by Crippen LogP contribution is 2.56. The van der Waals surface area contributed by atoms with Gasteiger partial charge in [-0.2, -0.15) is 0 Å². The molecule has 1 fully saturated rings. The summed E-state index contributed by atoms with van der Waals surface area (Å²) >= 11 is 0. The van der Waals surface area contributed by atoms with Gasteiger partial charge in [0.25, 0.3) is 0 Å². The van der Waals surface area contributed by atoms with Gasteiger partial charge in [0.1, 0.15) is 5.78 Å². The predicted octanol–water partition coefficient (Wildman–Crippen LogP) is 5.18. The van der Waals surface area contributed by atoms with Crippen molar-refractivity contribution in [3.63, 3.8) is 0 Å². The molecular formula is C21H30O2. The molecule has 0 radical (unpaired) electrons. The van der Waals surface area contributed by atoms with E-state index in [1.54, 1.807) is 5.57 Å². The van der Waals surface area contributed by atoms with E-state index in [0.717, 1.165) is 51.4 Å². The van der Waals surface area contributed by atoms with Gasteiger partial charge in [0, 0.05) is 11.8 Å². The number of fused-ring (bicyclic) bond motifs is 2. The SMILES string of the molecule is CCC[C@]1(C(C)=O)CCC2=C3CCC(=O)C=C3CC[C@H]2[C@@H]1CC. The highest BCUT2D eigenvalue weighted by molar-refractivity contribution is 5.93. The number of carbonyl (C=O) groups is 2. The Labute approximate surface area is 140 Å². The third-order valence-corrected chi connectivity index (χ3v) is 6.78. The fourth-order valence-electron chi connectivity index (χ4n) is 5.81. The van der Waals surface area contributed by atoms with E-state index in [2.05, 4.69) is 13.8 Å². The smallest absolute Gasteiger partial charge is 0.156 e. The molecule has 0 aromatic rings. The average molecular weight is 314 g/mol. The van der Waals surface area contributed by atoms with Gasteiger partial charge in [-0.05, 0) is 74.5 Å². The first-order valence-corrected chi connectivity index (χ1v) is 9.50. The van der Waals surface area contributed by atoms with Crippen LogP contribution in [-0.4, -0.2) is 11.6 Å². The number of rotatable bonds is 4. The first-order valence-electron chi connectivity index (χ1n) is 9.50. The van der Waals surface area contributed by atoms with E-state index >= 15 is 0 Å². The van der Waals surface area contributed by atoms with Crippen molar-refractivity contribution in [1.82, 2.24) is 0 Å². The molecule has 23 heavy (non-hydrogen) atoms. The normalized spacial score (nSPS) is 33.9. The first kappa shape index (κ1) is 16.7. The Bertz CT molecular complexity index is 581. The van der Waals surface area contributed by atoms with E-state index < -0.39 is 0 Å². The summed E-state index contributed by atoms with van der Waals surface area (Å²) < 4.78 is 0.